The summed E-state index contributed by atoms with van der Waals surface area (Å²) in [6.07, 6.45) is 0.205. The van der Waals surface area contributed by atoms with E-state index < -0.39 is 0 Å². The number of rotatable bonds is 4. The van der Waals surface area contributed by atoms with Crippen LogP contribution in [0.4, 0.5) is 11.8 Å². The zero-order valence-electron chi connectivity index (χ0n) is 15.7. The van der Waals surface area contributed by atoms with Crippen molar-refractivity contribution in [1.29, 1.82) is 0 Å². The quantitative estimate of drug-likeness (QED) is 0.841. The molecule has 6 heteroatoms. The molecule has 6 nitrogen and oxygen atoms in total. The molecule has 2 saturated heterocycles. The molecule has 0 saturated carbocycles. The van der Waals surface area contributed by atoms with Gasteiger partial charge in [0.25, 0.3) is 0 Å². The van der Waals surface area contributed by atoms with Crippen LogP contribution in [-0.4, -0.2) is 55.5 Å². The Bertz CT molecular complexity index is 763. The summed E-state index contributed by atoms with van der Waals surface area (Å²) in [4.78, 5) is 13.9. The second-order valence-electron chi connectivity index (χ2n) is 7.13. The van der Waals surface area contributed by atoms with Crippen LogP contribution in [0.5, 0.6) is 5.75 Å². The van der Waals surface area contributed by atoms with Gasteiger partial charge in [-0.3, -0.25) is 0 Å². The Hall–Kier alpha value is -2.34. The molecule has 0 spiro atoms. The molecular weight excluding hydrogens is 328 g/mol. The maximum Gasteiger partial charge on any atom is 0.227 e. The number of nitrogens with zero attached hydrogens (tertiary/aromatic N) is 4. The highest BCUT2D eigenvalue weighted by atomic mass is 16.5. The molecule has 2 aliphatic rings. The summed E-state index contributed by atoms with van der Waals surface area (Å²) in [5.74, 6) is 2.81. The summed E-state index contributed by atoms with van der Waals surface area (Å²) in [5.41, 5.74) is 3.38. The van der Waals surface area contributed by atoms with Gasteiger partial charge in [0.2, 0.25) is 5.95 Å². The first-order valence-corrected chi connectivity index (χ1v) is 9.26. The highest BCUT2D eigenvalue weighted by Crippen LogP contribution is 2.28. The zero-order chi connectivity index (χ0) is 18.1. The number of ether oxygens (including phenoxy) is 2. The summed E-state index contributed by atoms with van der Waals surface area (Å²) in [6.45, 7) is 11.1. The summed E-state index contributed by atoms with van der Waals surface area (Å²) in [6, 6.07) is 8.32. The van der Waals surface area contributed by atoms with Crippen LogP contribution in [0.2, 0.25) is 0 Å². The standard InChI is InChI=1S/C20H26N4O2/c1-14-5-4-6-15(2)19(14)26-17-12-24(13-17)18-11-16(3)21-20(22-18)23-7-9-25-10-8-23/h4-6,11,17H,7-10,12-13H2,1-3H3. The van der Waals surface area contributed by atoms with E-state index in [1.165, 1.54) is 11.1 Å². The molecule has 0 atom stereocenters. The molecule has 2 aliphatic heterocycles. The van der Waals surface area contributed by atoms with E-state index in [1.54, 1.807) is 0 Å². The minimum atomic E-state index is 0.205. The second-order valence-corrected chi connectivity index (χ2v) is 7.13. The molecule has 26 heavy (non-hydrogen) atoms. The van der Waals surface area contributed by atoms with Gasteiger partial charge in [0.1, 0.15) is 17.7 Å². The molecule has 1 aromatic heterocycles. The van der Waals surface area contributed by atoms with Crippen LogP contribution in [0.1, 0.15) is 16.8 Å². The molecule has 0 aliphatic carbocycles. The van der Waals surface area contributed by atoms with Crippen molar-refractivity contribution >= 4 is 11.8 Å². The van der Waals surface area contributed by atoms with Crippen molar-refractivity contribution < 1.29 is 9.47 Å². The van der Waals surface area contributed by atoms with E-state index in [4.69, 9.17) is 14.5 Å². The van der Waals surface area contributed by atoms with Crippen LogP contribution in [0, 0.1) is 20.8 Å². The fourth-order valence-electron chi connectivity index (χ4n) is 3.45. The second kappa shape index (κ2) is 7.11. The summed E-state index contributed by atoms with van der Waals surface area (Å²) in [5, 5.41) is 0. The maximum atomic E-state index is 6.23. The Kier molecular flexibility index (Phi) is 4.68. The van der Waals surface area contributed by atoms with Crippen LogP contribution in [0.25, 0.3) is 0 Å². The van der Waals surface area contributed by atoms with Crippen LogP contribution in [0.15, 0.2) is 24.3 Å². The highest BCUT2D eigenvalue weighted by Gasteiger charge is 2.31. The largest absolute Gasteiger partial charge is 0.486 e. The predicted octanol–water partition coefficient (Wildman–Crippen LogP) is 2.51. The average molecular weight is 354 g/mol. The topological polar surface area (TPSA) is 50.7 Å². The lowest BCUT2D eigenvalue weighted by Crippen LogP contribution is -2.54. The number of aromatic nitrogens is 2. The summed E-state index contributed by atoms with van der Waals surface area (Å²) in [7, 11) is 0. The van der Waals surface area contributed by atoms with Gasteiger partial charge in [0.15, 0.2) is 0 Å². The van der Waals surface area contributed by atoms with Crippen LogP contribution in [0.3, 0.4) is 0 Å². The van der Waals surface area contributed by atoms with Crippen molar-refractivity contribution in [3.8, 4) is 5.75 Å². The number of benzene rings is 1. The van der Waals surface area contributed by atoms with Gasteiger partial charge in [-0.25, -0.2) is 4.98 Å². The first kappa shape index (κ1) is 17.1. The molecule has 0 unspecified atom stereocenters. The van der Waals surface area contributed by atoms with Gasteiger partial charge >= 0.3 is 0 Å². The zero-order valence-corrected chi connectivity index (χ0v) is 15.7. The van der Waals surface area contributed by atoms with E-state index in [1.807, 2.05) is 6.92 Å². The fraction of sp³-hybridized carbons (Fsp3) is 0.500. The van der Waals surface area contributed by atoms with Gasteiger partial charge in [-0.1, -0.05) is 18.2 Å². The first-order chi connectivity index (χ1) is 12.6. The Morgan fingerprint density at radius 2 is 1.69 bits per heavy atom. The molecule has 0 radical (unpaired) electrons. The average Bonchev–Trinajstić information content (AvgIpc) is 2.60. The molecule has 0 bridgehead atoms. The number of aryl methyl sites for hydroxylation is 3. The predicted molar refractivity (Wildman–Crippen MR) is 102 cm³/mol. The molecule has 1 aromatic carbocycles. The minimum Gasteiger partial charge on any atom is -0.486 e. The number of hydrogen-bond acceptors (Lipinski definition) is 6. The lowest BCUT2D eigenvalue weighted by Gasteiger charge is -2.40. The molecule has 138 valence electrons. The van der Waals surface area contributed by atoms with Crippen molar-refractivity contribution in [2.24, 2.45) is 0 Å². The molecule has 3 heterocycles. The lowest BCUT2D eigenvalue weighted by atomic mass is 10.1. The third kappa shape index (κ3) is 3.46. The molecule has 2 aromatic rings. The lowest BCUT2D eigenvalue weighted by molar-refractivity contribution is 0.122. The molecule has 0 amide bonds. The minimum absolute atomic E-state index is 0.205. The van der Waals surface area contributed by atoms with Crippen molar-refractivity contribution in [2.45, 2.75) is 26.9 Å². The SMILES string of the molecule is Cc1cc(N2CC(Oc3c(C)cccc3C)C2)nc(N2CCOCC2)n1. The van der Waals surface area contributed by atoms with Gasteiger partial charge in [0, 0.05) is 24.8 Å². The van der Waals surface area contributed by atoms with E-state index in [9.17, 15) is 0 Å². The number of hydrogen-bond donors (Lipinski definition) is 0. The van der Waals surface area contributed by atoms with Gasteiger partial charge in [-0.2, -0.15) is 4.98 Å². The monoisotopic (exact) mass is 354 g/mol. The Labute approximate surface area is 154 Å². The van der Waals surface area contributed by atoms with Crippen LogP contribution < -0.4 is 14.5 Å². The van der Waals surface area contributed by atoms with Crippen molar-refractivity contribution in [3.63, 3.8) is 0 Å². The number of anilines is 2. The van der Waals surface area contributed by atoms with E-state index in [2.05, 4.69) is 52.9 Å². The van der Waals surface area contributed by atoms with Gasteiger partial charge < -0.3 is 19.3 Å². The Balaban J connectivity index is 1.43. The van der Waals surface area contributed by atoms with Gasteiger partial charge in [-0.05, 0) is 31.9 Å². The van der Waals surface area contributed by atoms with E-state index in [0.29, 0.717) is 0 Å². The molecule has 0 N–H and O–H groups in total. The third-order valence-corrected chi connectivity index (χ3v) is 4.99. The van der Waals surface area contributed by atoms with Crippen LogP contribution in [-0.2, 0) is 4.74 Å². The van der Waals surface area contributed by atoms with Gasteiger partial charge in [0.05, 0.1) is 26.3 Å². The Morgan fingerprint density at radius 3 is 2.38 bits per heavy atom. The van der Waals surface area contributed by atoms with E-state index >= 15 is 0 Å². The van der Waals surface area contributed by atoms with Crippen molar-refractivity contribution in [1.82, 2.24) is 9.97 Å². The highest BCUT2D eigenvalue weighted by molar-refractivity contribution is 5.49. The van der Waals surface area contributed by atoms with Gasteiger partial charge in [-0.15, -0.1) is 0 Å². The molecule has 2 fully saturated rings. The first-order valence-electron chi connectivity index (χ1n) is 9.26. The molecule has 4 rings (SSSR count). The van der Waals surface area contributed by atoms with Crippen molar-refractivity contribution in [3.05, 3.63) is 41.1 Å². The van der Waals surface area contributed by atoms with Crippen molar-refractivity contribution in [2.75, 3.05) is 49.2 Å². The van der Waals surface area contributed by atoms with Crippen LogP contribution >= 0.6 is 0 Å². The Morgan fingerprint density at radius 1 is 1.00 bits per heavy atom. The fourth-order valence-corrected chi connectivity index (χ4v) is 3.45. The van der Waals surface area contributed by atoms with E-state index in [-0.39, 0.29) is 6.10 Å². The smallest absolute Gasteiger partial charge is 0.227 e. The van der Waals surface area contributed by atoms with E-state index in [0.717, 1.165) is 62.6 Å². The maximum absolute atomic E-state index is 6.23. The molecular formula is C20H26N4O2. The summed E-state index contributed by atoms with van der Waals surface area (Å²) < 4.78 is 11.7. The summed E-state index contributed by atoms with van der Waals surface area (Å²) >= 11 is 0. The normalized spacial score (nSPS) is 18.0. The number of para-hydroxylation sites is 1. The number of morpholine rings is 1. The third-order valence-electron chi connectivity index (χ3n) is 4.99.